The fraction of sp³-hybridized carbons (Fsp3) is 0.680. The minimum absolute atomic E-state index is 0.0884. The molecule has 3 saturated carbocycles. The van der Waals surface area contributed by atoms with Crippen molar-refractivity contribution in [3.8, 4) is 0 Å². The van der Waals surface area contributed by atoms with E-state index in [9.17, 15) is 9.59 Å². The second-order valence-corrected chi connectivity index (χ2v) is 9.49. The SMILES string of the molecule is C1CCC(NC2CCCCC2)CC1.O=C(S)C1CCCC1C(=O)c1ccccc1. The molecule has 0 radical (unpaired) electrons. The minimum atomic E-state index is -0.184. The molecule has 0 saturated heterocycles. The molecule has 1 aromatic carbocycles. The van der Waals surface area contributed by atoms with Gasteiger partial charge in [0, 0.05) is 29.5 Å². The molecule has 0 spiro atoms. The minimum Gasteiger partial charge on any atom is -0.311 e. The standard InChI is InChI=1S/C13H14O2S.C12H23N/c14-12(9-5-2-1-3-6-9)10-7-4-8-11(10)13(15)16;1-3-7-11(8-4-1)13-12-9-5-2-6-10-12/h1-3,5-6,10-11H,4,7-8H2,(H,15,16);11-13H,1-10H2. The third-order valence-electron chi connectivity index (χ3n) is 6.91. The maximum absolute atomic E-state index is 12.2. The molecule has 4 heteroatoms. The molecule has 0 amide bonds. The van der Waals surface area contributed by atoms with Crippen LogP contribution in [0, 0.1) is 11.8 Å². The first-order valence-electron chi connectivity index (χ1n) is 11.7. The first-order valence-corrected chi connectivity index (χ1v) is 12.2. The number of Topliss-reactive ketones (excluding diaryl/α,β-unsaturated/α-hetero) is 1. The smallest absolute Gasteiger partial charge is 0.189 e. The lowest BCUT2D eigenvalue weighted by atomic mass is 9.89. The van der Waals surface area contributed by atoms with Gasteiger partial charge in [-0.05, 0) is 38.5 Å². The Balaban J connectivity index is 0.000000169. The van der Waals surface area contributed by atoms with E-state index in [0.717, 1.165) is 31.3 Å². The van der Waals surface area contributed by atoms with E-state index in [1.165, 1.54) is 64.2 Å². The first-order chi connectivity index (χ1) is 14.1. The van der Waals surface area contributed by atoms with Crippen LogP contribution in [0.4, 0.5) is 0 Å². The first kappa shape index (κ1) is 22.6. The monoisotopic (exact) mass is 415 g/mol. The predicted octanol–water partition coefficient (Wildman–Crippen LogP) is 5.98. The number of carbonyl (C=O) groups excluding carboxylic acids is 2. The lowest BCUT2D eigenvalue weighted by molar-refractivity contribution is -0.114. The number of nitrogens with one attached hydrogen (secondary N) is 1. The van der Waals surface area contributed by atoms with Gasteiger partial charge in [-0.15, -0.1) is 12.6 Å². The van der Waals surface area contributed by atoms with E-state index in [0.29, 0.717) is 5.56 Å². The molecule has 3 fully saturated rings. The maximum Gasteiger partial charge on any atom is 0.189 e. The number of thiol groups is 1. The van der Waals surface area contributed by atoms with E-state index in [1.54, 1.807) is 12.1 Å². The second-order valence-electron chi connectivity index (χ2n) is 9.05. The van der Waals surface area contributed by atoms with Crippen molar-refractivity contribution < 1.29 is 9.59 Å². The molecule has 0 aromatic heterocycles. The summed E-state index contributed by atoms with van der Waals surface area (Å²) in [6, 6.07) is 10.9. The van der Waals surface area contributed by atoms with E-state index in [1.807, 2.05) is 18.2 Å². The van der Waals surface area contributed by atoms with E-state index < -0.39 is 0 Å². The van der Waals surface area contributed by atoms with Crippen molar-refractivity contribution in [2.45, 2.75) is 95.6 Å². The Morgan fingerprint density at radius 2 is 1.21 bits per heavy atom. The zero-order chi connectivity index (χ0) is 20.5. The van der Waals surface area contributed by atoms with E-state index in [-0.39, 0.29) is 22.7 Å². The van der Waals surface area contributed by atoms with E-state index in [4.69, 9.17) is 0 Å². The van der Waals surface area contributed by atoms with Crippen LogP contribution in [0.1, 0.15) is 93.8 Å². The van der Waals surface area contributed by atoms with Gasteiger partial charge in [0.25, 0.3) is 0 Å². The highest BCUT2D eigenvalue weighted by atomic mass is 32.1. The van der Waals surface area contributed by atoms with Gasteiger partial charge in [-0.3, -0.25) is 9.59 Å². The van der Waals surface area contributed by atoms with Crippen LogP contribution in [0.15, 0.2) is 30.3 Å². The average molecular weight is 416 g/mol. The van der Waals surface area contributed by atoms with Crippen LogP contribution in [0.3, 0.4) is 0 Å². The summed E-state index contributed by atoms with van der Waals surface area (Å²) in [4.78, 5) is 23.5. The average Bonchev–Trinajstić information content (AvgIpc) is 3.26. The van der Waals surface area contributed by atoms with E-state index in [2.05, 4.69) is 17.9 Å². The summed E-state index contributed by atoms with van der Waals surface area (Å²) in [6.45, 7) is 0. The fourth-order valence-corrected chi connectivity index (χ4v) is 5.57. The van der Waals surface area contributed by atoms with Gasteiger partial charge in [-0.2, -0.15) is 0 Å². The quantitative estimate of drug-likeness (QED) is 0.459. The highest BCUT2D eigenvalue weighted by Crippen LogP contribution is 2.35. The maximum atomic E-state index is 12.2. The summed E-state index contributed by atoms with van der Waals surface area (Å²) in [6.07, 6.45) is 17.1. The Morgan fingerprint density at radius 1 is 0.690 bits per heavy atom. The molecular formula is C25H37NO2S. The van der Waals surface area contributed by atoms with Gasteiger partial charge >= 0.3 is 0 Å². The Kier molecular flexibility index (Phi) is 9.26. The third-order valence-corrected chi connectivity index (χ3v) is 7.24. The molecule has 3 aliphatic carbocycles. The molecule has 0 aliphatic heterocycles. The van der Waals surface area contributed by atoms with Crippen LogP contribution in [0.25, 0.3) is 0 Å². The number of rotatable bonds is 5. The summed E-state index contributed by atoms with van der Waals surface area (Å²) in [7, 11) is 0. The van der Waals surface area contributed by atoms with Crippen molar-refractivity contribution in [1.82, 2.24) is 5.32 Å². The fourth-order valence-electron chi connectivity index (χ4n) is 5.26. The molecule has 3 aliphatic rings. The van der Waals surface area contributed by atoms with Crippen LogP contribution >= 0.6 is 12.6 Å². The molecule has 160 valence electrons. The molecule has 2 unspecified atom stereocenters. The zero-order valence-corrected chi connectivity index (χ0v) is 18.5. The van der Waals surface area contributed by atoms with E-state index >= 15 is 0 Å². The van der Waals surface area contributed by atoms with Gasteiger partial charge in [0.1, 0.15) is 0 Å². The van der Waals surface area contributed by atoms with Gasteiger partial charge in [0.15, 0.2) is 10.9 Å². The van der Waals surface area contributed by atoms with Crippen LogP contribution in [-0.2, 0) is 4.79 Å². The molecule has 4 rings (SSSR count). The summed E-state index contributed by atoms with van der Waals surface area (Å²) in [5.41, 5.74) is 0.703. The number of benzene rings is 1. The van der Waals surface area contributed by atoms with Crippen LogP contribution < -0.4 is 5.32 Å². The highest BCUT2D eigenvalue weighted by molar-refractivity contribution is 7.96. The molecule has 1 N–H and O–H groups in total. The predicted molar refractivity (Wildman–Crippen MR) is 122 cm³/mol. The number of carbonyl (C=O) groups is 2. The van der Waals surface area contributed by atoms with Gasteiger partial charge in [0.2, 0.25) is 0 Å². The summed E-state index contributed by atoms with van der Waals surface area (Å²) >= 11 is 3.87. The van der Waals surface area contributed by atoms with Crippen molar-refractivity contribution >= 4 is 23.5 Å². The largest absolute Gasteiger partial charge is 0.311 e. The van der Waals surface area contributed by atoms with Crippen molar-refractivity contribution in [3.05, 3.63) is 35.9 Å². The van der Waals surface area contributed by atoms with Crippen LogP contribution in [0.5, 0.6) is 0 Å². The van der Waals surface area contributed by atoms with Crippen molar-refractivity contribution in [1.29, 1.82) is 0 Å². The van der Waals surface area contributed by atoms with Gasteiger partial charge in [0.05, 0.1) is 0 Å². The van der Waals surface area contributed by atoms with Crippen molar-refractivity contribution in [3.63, 3.8) is 0 Å². The van der Waals surface area contributed by atoms with Crippen LogP contribution in [0.2, 0.25) is 0 Å². The molecule has 1 aromatic rings. The Morgan fingerprint density at radius 3 is 1.72 bits per heavy atom. The number of hydrogen-bond acceptors (Lipinski definition) is 3. The lowest BCUT2D eigenvalue weighted by Crippen LogP contribution is -2.40. The number of hydrogen-bond donors (Lipinski definition) is 2. The lowest BCUT2D eigenvalue weighted by Gasteiger charge is -2.30. The Labute approximate surface area is 181 Å². The van der Waals surface area contributed by atoms with Crippen LogP contribution in [-0.4, -0.2) is 23.0 Å². The zero-order valence-electron chi connectivity index (χ0n) is 17.7. The normalized spacial score (nSPS) is 25.8. The molecular weight excluding hydrogens is 378 g/mol. The molecule has 29 heavy (non-hydrogen) atoms. The van der Waals surface area contributed by atoms with Gasteiger partial charge < -0.3 is 5.32 Å². The van der Waals surface area contributed by atoms with Gasteiger partial charge in [-0.25, -0.2) is 0 Å². The summed E-state index contributed by atoms with van der Waals surface area (Å²) in [5, 5.41) is 3.71. The molecule has 3 nitrogen and oxygen atoms in total. The second kappa shape index (κ2) is 11.9. The topological polar surface area (TPSA) is 46.2 Å². The third kappa shape index (κ3) is 6.96. The number of ketones is 1. The van der Waals surface area contributed by atoms with Crippen molar-refractivity contribution in [2.75, 3.05) is 0 Å². The summed E-state index contributed by atoms with van der Waals surface area (Å²) in [5.74, 6) is -0.256. The molecule has 2 atom stereocenters. The Bertz CT molecular complexity index is 619. The highest BCUT2D eigenvalue weighted by Gasteiger charge is 2.36. The van der Waals surface area contributed by atoms with Gasteiger partial charge in [-0.1, -0.05) is 75.3 Å². The molecule has 0 bridgehead atoms. The summed E-state index contributed by atoms with van der Waals surface area (Å²) < 4.78 is 0. The molecule has 0 heterocycles. The Hall–Kier alpha value is -1.13. The van der Waals surface area contributed by atoms with Crippen molar-refractivity contribution in [2.24, 2.45) is 11.8 Å².